The average molecular weight is 256 g/mol. The Kier molecular flexibility index (Phi) is 3.56. The first kappa shape index (κ1) is 12.8. The summed E-state index contributed by atoms with van der Waals surface area (Å²) in [4.78, 5) is 28.3. The summed E-state index contributed by atoms with van der Waals surface area (Å²) in [6.07, 6.45) is 3.21. The summed E-state index contributed by atoms with van der Waals surface area (Å²) in [5.74, 6) is -1.22. The topological polar surface area (TPSA) is 70.5 Å². The van der Waals surface area contributed by atoms with Crippen molar-refractivity contribution in [2.75, 3.05) is 11.9 Å². The molecule has 0 spiro atoms. The number of aromatic carboxylic acids is 1. The highest BCUT2D eigenvalue weighted by molar-refractivity contribution is 6.06. The third-order valence-electron chi connectivity index (χ3n) is 2.73. The Bertz CT molecular complexity index is 594. The zero-order valence-corrected chi connectivity index (χ0v) is 10.3. The number of carbonyl (C=O) groups excluding carboxylic acids is 1. The summed E-state index contributed by atoms with van der Waals surface area (Å²) >= 11 is 0. The first-order valence-corrected chi connectivity index (χ1v) is 5.61. The number of carboxylic acids is 1. The number of carbonyl (C=O) groups is 2. The van der Waals surface area contributed by atoms with E-state index in [9.17, 15) is 9.59 Å². The SMILES string of the molecule is CN(C(=O)c1ccc(C(=O)O)cc1)c1ccncc1. The van der Waals surface area contributed by atoms with E-state index in [1.54, 1.807) is 31.6 Å². The van der Waals surface area contributed by atoms with Gasteiger partial charge in [0.1, 0.15) is 0 Å². The molecule has 0 atom stereocenters. The molecule has 5 nitrogen and oxygen atoms in total. The van der Waals surface area contributed by atoms with E-state index >= 15 is 0 Å². The lowest BCUT2D eigenvalue weighted by atomic mass is 10.1. The highest BCUT2D eigenvalue weighted by Crippen LogP contribution is 2.14. The fraction of sp³-hybridized carbons (Fsp3) is 0.0714. The summed E-state index contributed by atoms with van der Waals surface area (Å²) < 4.78 is 0. The zero-order chi connectivity index (χ0) is 13.8. The van der Waals surface area contributed by atoms with Crippen LogP contribution in [-0.4, -0.2) is 29.0 Å². The van der Waals surface area contributed by atoms with Crippen LogP contribution < -0.4 is 4.90 Å². The molecule has 0 saturated carbocycles. The first-order chi connectivity index (χ1) is 9.09. The Labute approximate surface area is 110 Å². The van der Waals surface area contributed by atoms with Gasteiger partial charge in [0.2, 0.25) is 0 Å². The Morgan fingerprint density at radius 1 is 1.00 bits per heavy atom. The molecule has 2 rings (SSSR count). The maximum absolute atomic E-state index is 12.2. The van der Waals surface area contributed by atoms with E-state index in [2.05, 4.69) is 4.98 Å². The second-order valence-corrected chi connectivity index (χ2v) is 3.95. The Hall–Kier alpha value is -2.69. The molecule has 19 heavy (non-hydrogen) atoms. The van der Waals surface area contributed by atoms with Gasteiger partial charge in [-0.05, 0) is 36.4 Å². The second kappa shape index (κ2) is 5.30. The molecular formula is C14H12N2O3. The monoisotopic (exact) mass is 256 g/mol. The molecule has 0 unspecified atom stereocenters. The average Bonchev–Trinajstić information content (AvgIpc) is 2.46. The molecule has 2 aromatic rings. The van der Waals surface area contributed by atoms with Crippen molar-refractivity contribution in [3.8, 4) is 0 Å². The fourth-order valence-corrected chi connectivity index (χ4v) is 1.63. The molecule has 1 aromatic heterocycles. The van der Waals surface area contributed by atoms with Crippen LogP contribution in [0.25, 0.3) is 0 Å². The van der Waals surface area contributed by atoms with Crippen LogP contribution >= 0.6 is 0 Å². The van der Waals surface area contributed by atoms with Crippen LogP contribution in [0.5, 0.6) is 0 Å². The van der Waals surface area contributed by atoms with Crippen LogP contribution in [0.1, 0.15) is 20.7 Å². The van der Waals surface area contributed by atoms with E-state index < -0.39 is 5.97 Å². The van der Waals surface area contributed by atoms with Gasteiger partial charge in [-0.2, -0.15) is 0 Å². The molecule has 1 aromatic carbocycles. The molecule has 0 bridgehead atoms. The Balaban J connectivity index is 2.22. The number of aromatic nitrogens is 1. The minimum Gasteiger partial charge on any atom is -0.478 e. The van der Waals surface area contributed by atoms with Gasteiger partial charge in [-0.25, -0.2) is 4.79 Å². The predicted molar refractivity (Wildman–Crippen MR) is 70.4 cm³/mol. The van der Waals surface area contributed by atoms with Crippen LogP contribution in [-0.2, 0) is 0 Å². The van der Waals surface area contributed by atoms with Gasteiger partial charge in [0, 0.05) is 30.7 Å². The number of carboxylic acid groups (broad SMARTS) is 1. The van der Waals surface area contributed by atoms with Crippen molar-refractivity contribution < 1.29 is 14.7 Å². The number of pyridine rings is 1. The lowest BCUT2D eigenvalue weighted by Crippen LogP contribution is -2.26. The lowest BCUT2D eigenvalue weighted by Gasteiger charge is -2.17. The van der Waals surface area contributed by atoms with Crippen molar-refractivity contribution in [2.24, 2.45) is 0 Å². The molecule has 0 saturated heterocycles. The number of hydrogen-bond acceptors (Lipinski definition) is 3. The lowest BCUT2D eigenvalue weighted by molar-refractivity contribution is 0.0696. The van der Waals surface area contributed by atoms with E-state index in [-0.39, 0.29) is 11.5 Å². The highest BCUT2D eigenvalue weighted by atomic mass is 16.4. The van der Waals surface area contributed by atoms with Crippen molar-refractivity contribution in [2.45, 2.75) is 0 Å². The number of anilines is 1. The number of nitrogens with zero attached hydrogens (tertiary/aromatic N) is 2. The molecule has 1 amide bonds. The van der Waals surface area contributed by atoms with Crippen molar-refractivity contribution in [3.63, 3.8) is 0 Å². The summed E-state index contributed by atoms with van der Waals surface area (Å²) in [5.41, 5.74) is 1.31. The Morgan fingerprint density at radius 2 is 1.53 bits per heavy atom. The van der Waals surface area contributed by atoms with Gasteiger partial charge in [-0.1, -0.05) is 0 Å². The van der Waals surface area contributed by atoms with Gasteiger partial charge < -0.3 is 10.0 Å². The highest BCUT2D eigenvalue weighted by Gasteiger charge is 2.13. The quantitative estimate of drug-likeness (QED) is 0.912. The van der Waals surface area contributed by atoms with E-state index in [4.69, 9.17) is 5.11 Å². The molecule has 1 heterocycles. The van der Waals surface area contributed by atoms with E-state index in [0.29, 0.717) is 5.56 Å². The number of hydrogen-bond donors (Lipinski definition) is 1. The zero-order valence-electron chi connectivity index (χ0n) is 10.3. The summed E-state index contributed by atoms with van der Waals surface area (Å²) in [6, 6.07) is 9.28. The van der Waals surface area contributed by atoms with Crippen LogP contribution in [0.2, 0.25) is 0 Å². The number of rotatable bonds is 3. The summed E-state index contributed by atoms with van der Waals surface area (Å²) in [6.45, 7) is 0. The van der Waals surface area contributed by atoms with Gasteiger partial charge in [0.05, 0.1) is 5.56 Å². The third-order valence-corrected chi connectivity index (χ3v) is 2.73. The maximum Gasteiger partial charge on any atom is 0.335 e. The van der Waals surface area contributed by atoms with E-state index in [0.717, 1.165) is 5.69 Å². The van der Waals surface area contributed by atoms with Gasteiger partial charge in [0.25, 0.3) is 5.91 Å². The second-order valence-electron chi connectivity index (χ2n) is 3.95. The predicted octanol–water partition coefficient (Wildman–Crippen LogP) is 2.06. The van der Waals surface area contributed by atoms with Gasteiger partial charge in [0.15, 0.2) is 0 Å². The van der Waals surface area contributed by atoms with Crippen LogP contribution in [0.15, 0.2) is 48.8 Å². The Morgan fingerprint density at radius 3 is 2.05 bits per heavy atom. The first-order valence-electron chi connectivity index (χ1n) is 5.61. The number of benzene rings is 1. The molecule has 0 fully saturated rings. The maximum atomic E-state index is 12.2. The largest absolute Gasteiger partial charge is 0.478 e. The van der Waals surface area contributed by atoms with Crippen molar-refractivity contribution in [3.05, 3.63) is 59.9 Å². The molecule has 0 aliphatic carbocycles. The number of amides is 1. The standard InChI is InChI=1S/C14H12N2O3/c1-16(12-6-8-15-9-7-12)13(17)10-2-4-11(5-3-10)14(18)19/h2-9H,1H3,(H,18,19). The molecule has 96 valence electrons. The summed E-state index contributed by atoms with van der Waals surface area (Å²) in [5, 5.41) is 8.80. The van der Waals surface area contributed by atoms with Gasteiger partial charge in [-0.15, -0.1) is 0 Å². The third kappa shape index (κ3) is 2.77. The minimum absolute atomic E-state index is 0.156. The molecule has 0 radical (unpaired) electrons. The van der Waals surface area contributed by atoms with E-state index in [1.165, 1.54) is 29.2 Å². The van der Waals surface area contributed by atoms with Crippen LogP contribution in [0, 0.1) is 0 Å². The molecule has 1 N–H and O–H groups in total. The van der Waals surface area contributed by atoms with Crippen molar-refractivity contribution in [1.82, 2.24) is 4.98 Å². The smallest absolute Gasteiger partial charge is 0.335 e. The van der Waals surface area contributed by atoms with Gasteiger partial charge >= 0.3 is 5.97 Å². The van der Waals surface area contributed by atoms with Crippen LogP contribution in [0.3, 0.4) is 0 Å². The molecule has 5 heteroatoms. The van der Waals surface area contributed by atoms with Crippen molar-refractivity contribution >= 4 is 17.6 Å². The molecule has 0 aliphatic heterocycles. The molecular weight excluding hydrogens is 244 g/mol. The summed E-state index contributed by atoms with van der Waals surface area (Å²) in [7, 11) is 1.66. The van der Waals surface area contributed by atoms with E-state index in [1.807, 2.05) is 0 Å². The normalized spacial score (nSPS) is 9.95. The molecule has 0 aliphatic rings. The van der Waals surface area contributed by atoms with Crippen LogP contribution in [0.4, 0.5) is 5.69 Å². The minimum atomic E-state index is -1.01. The van der Waals surface area contributed by atoms with Crippen molar-refractivity contribution in [1.29, 1.82) is 0 Å². The fourth-order valence-electron chi connectivity index (χ4n) is 1.63. The van der Waals surface area contributed by atoms with Gasteiger partial charge in [-0.3, -0.25) is 9.78 Å².